The molecule has 0 aliphatic heterocycles. The molecule has 0 spiro atoms. The molecule has 0 heterocycles. The Kier molecular flexibility index (Phi) is 9.11. The second kappa shape index (κ2) is 12.9. The summed E-state index contributed by atoms with van der Waals surface area (Å²) in [6.07, 6.45) is -2.10. The fourth-order valence-corrected chi connectivity index (χ4v) is 4.17. The van der Waals surface area contributed by atoms with Crippen molar-refractivity contribution in [3.63, 3.8) is 0 Å². The number of rotatable bonds is 10. The predicted octanol–water partition coefficient (Wildman–Crippen LogP) is 6.45. The van der Waals surface area contributed by atoms with Gasteiger partial charge in [-0.3, -0.25) is 10.1 Å². The maximum Gasteiger partial charge on any atom is 0.412 e. The van der Waals surface area contributed by atoms with Crippen LogP contribution in [0, 0.1) is 6.92 Å². The minimum Gasteiger partial charge on any atom is -0.507 e. The average Bonchev–Trinajstić information content (AvgIpc) is 2.93. The molecular weight excluding hydrogens is 502 g/mol. The van der Waals surface area contributed by atoms with Crippen LogP contribution in [0.25, 0.3) is 10.8 Å². The summed E-state index contributed by atoms with van der Waals surface area (Å²) in [6.45, 7) is 1.99. The summed E-state index contributed by atoms with van der Waals surface area (Å²) in [7, 11) is 0. The van der Waals surface area contributed by atoms with Crippen LogP contribution in [0.4, 0.5) is 10.5 Å². The van der Waals surface area contributed by atoms with Crippen LogP contribution in [0.1, 0.15) is 23.7 Å². The molecule has 1 amide bonds. The average molecular weight is 532 g/mol. The van der Waals surface area contributed by atoms with E-state index >= 15 is 0 Å². The lowest BCUT2D eigenvalue weighted by atomic mass is 9.95. The van der Waals surface area contributed by atoms with Crippen LogP contribution >= 0.6 is 12.6 Å². The van der Waals surface area contributed by atoms with Crippen molar-refractivity contribution in [2.24, 2.45) is 0 Å². The summed E-state index contributed by atoms with van der Waals surface area (Å²) in [5, 5.41) is 14.5. The number of thiol groups is 1. The van der Waals surface area contributed by atoms with Gasteiger partial charge in [-0.1, -0.05) is 66.2 Å². The van der Waals surface area contributed by atoms with Gasteiger partial charge in [0, 0.05) is 23.1 Å². The van der Waals surface area contributed by atoms with E-state index in [1.54, 1.807) is 42.5 Å². The summed E-state index contributed by atoms with van der Waals surface area (Å²) in [6, 6.07) is 27.1. The van der Waals surface area contributed by atoms with E-state index in [0.717, 1.165) is 5.56 Å². The lowest BCUT2D eigenvalue weighted by Crippen LogP contribution is -2.32. The standard InChI is InChI=1S/C30H29NO6S/c1-20-11-13-21(14-12-20)31-30(34)37-29(25-15-16-26(32)24-10-6-5-9-23(24)25)27(17-18-35-28(33)19-38)36-22-7-3-2-4-8-22/h2-16,27,29,32,38H,17-19H2,1H3,(H,31,34)/t27-,29-/m1/s1. The Balaban J connectivity index is 1.71. The summed E-state index contributed by atoms with van der Waals surface area (Å²) in [5.74, 6) is 0.159. The monoisotopic (exact) mass is 531 g/mol. The van der Waals surface area contributed by atoms with Crippen molar-refractivity contribution >= 4 is 41.2 Å². The third-order valence-electron chi connectivity index (χ3n) is 5.94. The maximum absolute atomic E-state index is 13.1. The first-order valence-corrected chi connectivity index (χ1v) is 12.8. The van der Waals surface area contributed by atoms with E-state index in [1.807, 2.05) is 55.5 Å². The molecule has 0 unspecified atom stereocenters. The number of aryl methyl sites for hydroxylation is 1. The molecule has 7 nitrogen and oxygen atoms in total. The van der Waals surface area contributed by atoms with E-state index in [4.69, 9.17) is 14.2 Å². The van der Waals surface area contributed by atoms with Gasteiger partial charge in [-0.25, -0.2) is 4.79 Å². The molecule has 0 radical (unpaired) electrons. The highest BCUT2D eigenvalue weighted by Gasteiger charge is 2.31. The number of phenolic OH excluding ortho intramolecular Hbond substituents is 1. The number of aromatic hydroxyl groups is 1. The lowest BCUT2D eigenvalue weighted by Gasteiger charge is -2.29. The minimum atomic E-state index is -0.916. The molecule has 2 atom stereocenters. The second-order valence-electron chi connectivity index (χ2n) is 8.67. The van der Waals surface area contributed by atoms with Crippen molar-refractivity contribution in [2.45, 2.75) is 25.6 Å². The third kappa shape index (κ3) is 6.98. The van der Waals surface area contributed by atoms with Crippen LogP contribution < -0.4 is 10.1 Å². The van der Waals surface area contributed by atoms with Gasteiger partial charge in [-0.15, -0.1) is 0 Å². The number of carbonyl (C=O) groups excluding carboxylic acids is 2. The van der Waals surface area contributed by atoms with Gasteiger partial charge in [-0.05, 0) is 42.6 Å². The number of ether oxygens (including phenoxy) is 3. The Morgan fingerprint density at radius 1 is 0.895 bits per heavy atom. The lowest BCUT2D eigenvalue weighted by molar-refractivity contribution is -0.141. The van der Waals surface area contributed by atoms with Crippen molar-refractivity contribution in [1.82, 2.24) is 0 Å². The molecule has 2 N–H and O–H groups in total. The highest BCUT2D eigenvalue weighted by Crippen LogP contribution is 2.36. The molecule has 0 fully saturated rings. The predicted molar refractivity (Wildman–Crippen MR) is 150 cm³/mol. The number of hydrogen-bond acceptors (Lipinski definition) is 7. The van der Waals surface area contributed by atoms with Gasteiger partial charge in [0.25, 0.3) is 0 Å². The number of fused-ring (bicyclic) bond motifs is 1. The third-order valence-corrected chi connectivity index (χ3v) is 6.19. The first-order chi connectivity index (χ1) is 18.4. The van der Waals surface area contributed by atoms with Gasteiger partial charge in [0.2, 0.25) is 0 Å². The van der Waals surface area contributed by atoms with E-state index in [0.29, 0.717) is 27.8 Å². The number of phenols is 1. The number of esters is 1. The highest BCUT2D eigenvalue weighted by molar-refractivity contribution is 7.81. The summed E-state index contributed by atoms with van der Waals surface area (Å²) >= 11 is 3.96. The Morgan fingerprint density at radius 2 is 1.58 bits per heavy atom. The maximum atomic E-state index is 13.1. The van der Waals surface area contributed by atoms with Crippen molar-refractivity contribution < 1.29 is 28.9 Å². The zero-order valence-corrected chi connectivity index (χ0v) is 21.8. The van der Waals surface area contributed by atoms with Crippen molar-refractivity contribution in [3.05, 3.63) is 102 Å². The van der Waals surface area contributed by atoms with Crippen LogP contribution in [0.5, 0.6) is 11.5 Å². The van der Waals surface area contributed by atoms with Crippen LogP contribution in [0.15, 0.2) is 91.0 Å². The van der Waals surface area contributed by atoms with Gasteiger partial charge < -0.3 is 19.3 Å². The molecule has 0 aliphatic rings. The molecule has 0 bridgehead atoms. The van der Waals surface area contributed by atoms with E-state index in [1.165, 1.54) is 0 Å². The van der Waals surface area contributed by atoms with Crippen molar-refractivity contribution in [2.75, 3.05) is 17.7 Å². The Hall–Kier alpha value is -4.17. The summed E-state index contributed by atoms with van der Waals surface area (Å²) < 4.78 is 17.6. The van der Waals surface area contributed by atoms with Gasteiger partial charge in [0.05, 0.1) is 12.4 Å². The minimum absolute atomic E-state index is 0.0341. The number of hydrogen-bond donors (Lipinski definition) is 3. The molecule has 0 aromatic heterocycles. The normalized spacial score (nSPS) is 12.4. The zero-order valence-electron chi connectivity index (χ0n) is 20.9. The molecule has 196 valence electrons. The Labute approximate surface area is 226 Å². The van der Waals surface area contributed by atoms with Crippen molar-refractivity contribution in [1.29, 1.82) is 0 Å². The van der Waals surface area contributed by atoms with Crippen LogP contribution in [0.3, 0.4) is 0 Å². The number of anilines is 1. The number of benzene rings is 4. The Morgan fingerprint density at radius 3 is 2.29 bits per heavy atom. The van der Waals surface area contributed by atoms with Crippen LogP contribution in [-0.2, 0) is 14.3 Å². The second-order valence-corrected chi connectivity index (χ2v) is 8.99. The fraction of sp³-hybridized carbons (Fsp3) is 0.200. The number of amides is 1. The summed E-state index contributed by atoms with van der Waals surface area (Å²) in [4.78, 5) is 24.9. The van der Waals surface area contributed by atoms with Gasteiger partial charge >= 0.3 is 12.1 Å². The van der Waals surface area contributed by atoms with E-state index in [2.05, 4.69) is 17.9 Å². The van der Waals surface area contributed by atoms with E-state index in [9.17, 15) is 14.7 Å². The zero-order chi connectivity index (χ0) is 26.9. The van der Waals surface area contributed by atoms with Gasteiger partial charge in [-0.2, -0.15) is 12.6 Å². The summed E-state index contributed by atoms with van der Waals surface area (Å²) in [5.41, 5.74) is 2.28. The van der Waals surface area contributed by atoms with Crippen LogP contribution in [0.2, 0.25) is 0 Å². The van der Waals surface area contributed by atoms with Gasteiger partial charge in [0.1, 0.15) is 17.6 Å². The topological polar surface area (TPSA) is 94.1 Å². The first kappa shape index (κ1) is 26.9. The highest BCUT2D eigenvalue weighted by atomic mass is 32.1. The smallest absolute Gasteiger partial charge is 0.412 e. The molecule has 38 heavy (non-hydrogen) atoms. The van der Waals surface area contributed by atoms with E-state index in [-0.39, 0.29) is 24.5 Å². The van der Waals surface area contributed by atoms with E-state index < -0.39 is 24.3 Å². The molecule has 4 rings (SSSR count). The molecule has 8 heteroatoms. The molecule has 0 aliphatic carbocycles. The molecular formula is C30H29NO6S. The van der Waals surface area contributed by atoms with Gasteiger partial charge in [0.15, 0.2) is 6.10 Å². The number of carbonyl (C=O) groups is 2. The van der Waals surface area contributed by atoms with Crippen LogP contribution in [-0.4, -0.2) is 35.6 Å². The quantitative estimate of drug-likeness (QED) is 0.161. The molecule has 4 aromatic rings. The SMILES string of the molecule is Cc1ccc(NC(=O)O[C@H](c2ccc(O)c3ccccc23)[C@@H](CCOC(=O)CS)Oc2ccccc2)cc1. The Bertz CT molecular complexity index is 1380. The first-order valence-electron chi connectivity index (χ1n) is 12.2. The fourth-order valence-electron chi connectivity index (χ4n) is 4.07. The van der Waals surface area contributed by atoms with Crippen molar-refractivity contribution in [3.8, 4) is 11.5 Å². The molecule has 0 saturated heterocycles. The largest absolute Gasteiger partial charge is 0.507 e. The molecule has 4 aromatic carbocycles. The number of para-hydroxylation sites is 1. The molecule has 0 saturated carbocycles. The number of nitrogens with one attached hydrogen (secondary N) is 1.